The number of anilines is 3. The molecule has 2 aliphatic carbocycles. The number of hydrogen-bond acceptors (Lipinski definition) is 10. The van der Waals surface area contributed by atoms with Crippen LogP contribution in [0.4, 0.5) is 21.8 Å². The smallest absolute Gasteiger partial charge is 0.215 e. The number of aliphatic hydroxyl groups excluding tert-OH is 2. The van der Waals surface area contributed by atoms with Gasteiger partial charge < -0.3 is 40.5 Å². The molecule has 2 aromatic rings. The quantitative estimate of drug-likeness (QED) is 0.271. The van der Waals surface area contributed by atoms with Crippen molar-refractivity contribution in [3.63, 3.8) is 0 Å². The number of halogens is 4. The van der Waals surface area contributed by atoms with E-state index in [-0.39, 0.29) is 24.6 Å². The van der Waals surface area contributed by atoms with Crippen LogP contribution >= 0.6 is 57.6 Å². The Bertz CT molecular complexity index is 1030. The van der Waals surface area contributed by atoms with E-state index in [2.05, 4.69) is 77.5 Å². The molecule has 4 aliphatic rings. The molecule has 0 radical (unpaired) electrons. The number of rotatable bonds is 4. The first-order chi connectivity index (χ1) is 18.7. The summed E-state index contributed by atoms with van der Waals surface area (Å²) >= 11 is 4.41. The minimum absolute atomic E-state index is 0. The minimum atomic E-state index is -0.418. The minimum Gasteiger partial charge on any atom is -0.393 e. The molecule has 0 amide bonds. The van der Waals surface area contributed by atoms with Gasteiger partial charge in [-0.1, -0.05) is 0 Å². The Morgan fingerprint density at radius 3 is 1.70 bits per heavy atom. The van der Waals surface area contributed by atoms with E-state index in [1.807, 2.05) is 11.0 Å². The highest BCUT2D eigenvalue weighted by molar-refractivity contribution is 14.1. The number of aromatic nitrogens is 2. The van der Waals surface area contributed by atoms with Crippen LogP contribution in [-0.4, -0.2) is 97.1 Å². The van der Waals surface area contributed by atoms with Crippen LogP contribution in [0.5, 0.6) is 0 Å². The summed E-state index contributed by atoms with van der Waals surface area (Å²) in [6.45, 7) is 6.28. The predicted molar refractivity (Wildman–Crippen MR) is 173 cm³/mol. The lowest BCUT2D eigenvalue weighted by molar-refractivity contribution is 0.0770. The van der Waals surface area contributed by atoms with Gasteiger partial charge in [-0.25, -0.2) is 9.97 Å². The third kappa shape index (κ3) is 10.8. The van der Waals surface area contributed by atoms with E-state index in [1.54, 1.807) is 0 Å². The van der Waals surface area contributed by atoms with Crippen molar-refractivity contribution in [3.05, 3.63) is 37.4 Å². The maximum Gasteiger partial charge on any atom is 0.215 e. The first kappa shape index (κ1) is 33.7. The number of pyridine rings is 2. The van der Waals surface area contributed by atoms with E-state index >= 15 is 0 Å². The van der Waals surface area contributed by atoms with Gasteiger partial charge in [0, 0.05) is 51.5 Å². The summed E-state index contributed by atoms with van der Waals surface area (Å²) in [6, 6.07) is 8.11. The molecule has 6 rings (SSSR count). The van der Waals surface area contributed by atoms with Gasteiger partial charge in [-0.3, -0.25) is 0 Å². The second kappa shape index (κ2) is 16.7. The molecule has 4 fully saturated rings. The average molecular weight is 807 g/mol. The zero-order valence-electron chi connectivity index (χ0n) is 22.2. The van der Waals surface area contributed by atoms with Crippen LogP contribution < -0.4 is 20.9 Å². The van der Waals surface area contributed by atoms with Crippen LogP contribution in [0.3, 0.4) is 0 Å². The molecule has 2 aliphatic heterocycles. The van der Waals surface area contributed by atoms with Gasteiger partial charge in [-0.05, 0) is 89.1 Å². The molecule has 40 heavy (non-hydrogen) atoms. The molecule has 0 aromatic carbocycles. The van der Waals surface area contributed by atoms with Crippen molar-refractivity contribution in [2.24, 2.45) is 5.73 Å². The van der Waals surface area contributed by atoms with Gasteiger partial charge in [0.1, 0.15) is 17.5 Å². The monoisotopic (exact) mass is 806 g/mol. The molecule has 2 saturated carbocycles. The van der Waals surface area contributed by atoms with E-state index in [4.69, 9.17) is 20.3 Å². The molecule has 10 nitrogen and oxygen atoms in total. The second-order valence-electron chi connectivity index (χ2n) is 10.0. The van der Waals surface area contributed by atoms with Crippen molar-refractivity contribution in [3.8, 4) is 0 Å². The molecule has 4 heterocycles. The van der Waals surface area contributed by atoms with Crippen molar-refractivity contribution < 1.29 is 24.1 Å². The molecule has 14 heteroatoms. The first-order valence-corrected chi connectivity index (χ1v) is 15.4. The zero-order valence-corrected chi connectivity index (χ0v) is 27.4. The molecular formula is C26H38ClFI2N6O4. The number of nitrogens with two attached hydrogens (primary N) is 1. The van der Waals surface area contributed by atoms with Gasteiger partial charge in [-0.2, -0.15) is 4.39 Å². The Morgan fingerprint density at radius 2 is 1.27 bits per heavy atom. The molecule has 0 atom stereocenters. The molecular weight excluding hydrogens is 769 g/mol. The highest BCUT2D eigenvalue weighted by atomic mass is 127. The van der Waals surface area contributed by atoms with E-state index in [0.717, 1.165) is 80.3 Å². The van der Waals surface area contributed by atoms with E-state index < -0.39 is 5.95 Å². The molecule has 2 aromatic heterocycles. The lowest BCUT2D eigenvalue weighted by Gasteiger charge is -2.33. The fraction of sp³-hybridized carbons (Fsp3) is 0.615. The SMILES string of the molecule is Cl.Fc1cc(I)cc(N2CCOCC2)n1.NC1CC(O)C1.OC1CC(Nc2cc(I)cc(N3CCOCC3)n2)C1. The van der Waals surface area contributed by atoms with E-state index in [1.165, 1.54) is 9.64 Å². The summed E-state index contributed by atoms with van der Waals surface area (Å²) in [5.41, 5.74) is 5.31. The summed E-state index contributed by atoms with van der Waals surface area (Å²) in [7, 11) is 0. The van der Waals surface area contributed by atoms with Crippen LogP contribution in [0.2, 0.25) is 0 Å². The maximum atomic E-state index is 13.0. The second-order valence-corrected chi connectivity index (χ2v) is 12.5. The first-order valence-electron chi connectivity index (χ1n) is 13.3. The largest absolute Gasteiger partial charge is 0.393 e. The van der Waals surface area contributed by atoms with Crippen LogP contribution in [0.15, 0.2) is 24.3 Å². The summed E-state index contributed by atoms with van der Waals surface area (Å²) < 4.78 is 25.6. The van der Waals surface area contributed by atoms with Gasteiger partial charge >= 0.3 is 0 Å². The van der Waals surface area contributed by atoms with Gasteiger partial charge in [0.2, 0.25) is 5.95 Å². The molecule has 0 bridgehead atoms. The highest BCUT2D eigenvalue weighted by Gasteiger charge is 2.27. The van der Waals surface area contributed by atoms with Crippen LogP contribution in [0.1, 0.15) is 25.7 Å². The molecule has 0 spiro atoms. The summed E-state index contributed by atoms with van der Waals surface area (Å²) in [5, 5.41) is 21.3. The fourth-order valence-corrected chi connectivity index (χ4v) is 5.57. The Morgan fingerprint density at radius 1 is 0.800 bits per heavy atom. The van der Waals surface area contributed by atoms with E-state index in [9.17, 15) is 9.50 Å². The Hall–Kier alpha value is -0.820. The number of ether oxygens (including phenoxy) is 2. The van der Waals surface area contributed by atoms with Crippen molar-refractivity contribution in [1.82, 2.24) is 9.97 Å². The summed E-state index contributed by atoms with van der Waals surface area (Å²) in [6.07, 6.45) is 3.03. The van der Waals surface area contributed by atoms with Crippen LogP contribution in [0, 0.1) is 13.1 Å². The number of nitrogens with zero attached hydrogens (tertiary/aromatic N) is 4. The van der Waals surface area contributed by atoms with E-state index in [0.29, 0.717) is 31.1 Å². The zero-order chi connectivity index (χ0) is 27.8. The predicted octanol–water partition coefficient (Wildman–Crippen LogP) is 3.01. The van der Waals surface area contributed by atoms with Gasteiger partial charge in [0.25, 0.3) is 0 Å². The van der Waals surface area contributed by atoms with Crippen LogP contribution in [-0.2, 0) is 9.47 Å². The van der Waals surface area contributed by atoms with Gasteiger partial charge in [-0.15, -0.1) is 12.4 Å². The molecule has 224 valence electrons. The number of hydrogen-bond donors (Lipinski definition) is 4. The normalized spacial score (nSPS) is 25.6. The van der Waals surface area contributed by atoms with Gasteiger partial charge in [0.15, 0.2) is 0 Å². The topological polar surface area (TPSA) is 129 Å². The number of morpholine rings is 2. The number of aliphatic hydroxyl groups is 2. The lowest BCUT2D eigenvalue weighted by Crippen LogP contribution is -2.39. The Labute approximate surface area is 268 Å². The molecule has 0 unspecified atom stereocenters. The number of nitrogens with one attached hydrogen (secondary N) is 1. The van der Waals surface area contributed by atoms with Crippen LogP contribution in [0.25, 0.3) is 0 Å². The lowest BCUT2D eigenvalue weighted by atomic mass is 9.89. The third-order valence-electron chi connectivity index (χ3n) is 6.81. The maximum absolute atomic E-state index is 13.0. The molecule has 2 saturated heterocycles. The Kier molecular flexibility index (Phi) is 14.1. The van der Waals surface area contributed by atoms with Crippen molar-refractivity contribution in [2.45, 2.75) is 50.0 Å². The van der Waals surface area contributed by atoms with Gasteiger partial charge in [0.05, 0.1) is 38.6 Å². The Balaban J connectivity index is 0.000000184. The summed E-state index contributed by atoms with van der Waals surface area (Å²) in [4.78, 5) is 12.8. The fourth-order valence-electron chi connectivity index (χ4n) is 4.46. The van der Waals surface area contributed by atoms with Crippen molar-refractivity contribution in [1.29, 1.82) is 0 Å². The summed E-state index contributed by atoms with van der Waals surface area (Å²) in [5.74, 6) is 2.21. The standard InChI is InChI=1S/C13H18IN3O2.C9H10FIN2O.C4H9NO.ClH/c14-9-5-12(15-10-7-11(18)8-10)16-13(6-9)17-1-3-19-4-2-17;10-8-5-7(11)6-9(12-8)13-1-3-14-4-2-13;5-3-1-4(6)2-3;/h5-6,10-11,18H,1-4,7-8H2,(H,15,16);5-6H,1-4H2;3-4,6H,1-2,5H2;1H. The van der Waals surface area contributed by atoms with Crippen molar-refractivity contribution >= 4 is 75.0 Å². The molecule has 5 N–H and O–H groups in total. The third-order valence-corrected chi connectivity index (χ3v) is 8.05. The van der Waals surface area contributed by atoms with Crippen molar-refractivity contribution in [2.75, 3.05) is 67.7 Å². The average Bonchev–Trinajstić information content (AvgIpc) is 2.88. The highest BCUT2D eigenvalue weighted by Crippen LogP contribution is 2.26.